The first-order valence-corrected chi connectivity index (χ1v) is 8.67. The number of benzene rings is 1. The summed E-state index contributed by atoms with van der Waals surface area (Å²) in [6, 6.07) is 6.98. The van der Waals surface area contributed by atoms with E-state index >= 15 is 0 Å². The summed E-state index contributed by atoms with van der Waals surface area (Å²) in [4.78, 5) is 15.7. The summed E-state index contributed by atoms with van der Waals surface area (Å²) in [5.41, 5.74) is 0.393. The largest absolute Gasteiger partial charge is 0.496 e. The van der Waals surface area contributed by atoms with Crippen LogP contribution in [0.15, 0.2) is 36.9 Å². The average molecular weight is 382 g/mol. The lowest BCUT2D eigenvalue weighted by Gasteiger charge is -2.22. The molecule has 0 radical (unpaired) electrons. The van der Waals surface area contributed by atoms with Gasteiger partial charge in [-0.15, -0.1) is 17.9 Å². The normalized spacial score (nSPS) is 10.2. The fraction of sp³-hybridized carbons (Fsp3) is 0.278. The molecule has 0 unspecified atom stereocenters. The Kier molecular flexibility index (Phi) is 6.73. The van der Waals surface area contributed by atoms with E-state index in [4.69, 9.17) is 25.8 Å². The highest BCUT2D eigenvalue weighted by Gasteiger charge is 2.22. The fourth-order valence-corrected chi connectivity index (χ4v) is 3.47. The molecule has 0 N–H and O–H groups in total. The van der Waals surface area contributed by atoms with Crippen molar-refractivity contribution in [3.8, 4) is 17.2 Å². The van der Waals surface area contributed by atoms with Crippen molar-refractivity contribution in [3.63, 3.8) is 0 Å². The van der Waals surface area contributed by atoms with Gasteiger partial charge in [-0.3, -0.25) is 4.79 Å². The van der Waals surface area contributed by atoms with Gasteiger partial charge >= 0.3 is 0 Å². The summed E-state index contributed by atoms with van der Waals surface area (Å²) in [7, 11) is 4.56. The van der Waals surface area contributed by atoms with E-state index < -0.39 is 0 Å². The topological polar surface area (TPSA) is 48.0 Å². The third-order valence-corrected chi connectivity index (χ3v) is 4.76. The van der Waals surface area contributed by atoms with Gasteiger partial charge < -0.3 is 19.1 Å². The Morgan fingerprint density at radius 1 is 1.16 bits per heavy atom. The molecule has 0 atom stereocenters. The van der Waals surface area contributed by atoms with Crippen molar-refractivity contribution in [1.82, 2.24) is 4.90 Å². The van der Waals surface area contributed by atoms with Gasteiger partial charge in [0.25, 0.3) is 5.91 Å². The second-order valence-electron chi connectivity index (χ2n) is 5.09. The lowest BCUT2D eigenvalue weighted by Crippen LogP contribution is -2.30. The monoisotopic (exact) mass is 381 g/mol. The molecule has 1 heterocycles. The van der Waals surface area contributed by atoms with Gasteiger partial charge in [-0.2, -0.15) is 0 Å². The first-order valence-electron chi connectivity index (χ1n) is 7.48. The Balaban J connectivity index is 2.38. The summed E-state index contributed by atoms with van der Waals surface area (Å²) >= 11 is 7.42. The molecule has 7 heteroatoms. The van der Waals surface area contributed by atoms with Crippen LogP contribution in [0.5, 0.6) is 17.2 Å². The average Bonchev–Trinajstić information content (AvgIpc) is 3.04. The van der Waals surface area contributed by atoms with E-state index in [1.54, 1.807) is 23.1 Å². The van der Waals surface area contributed by atoms with Crippen molar-refractivity contribution >= 4 is 28.8 Å². The zero-order chi connectivity index (χ0) is 18.4. The Bertz CT molecular complexity index is 760. The van der Waals surface area contributed by atoms with Crippen LogP contribution >= 0.6 is 22.9 Å². The number of ether oxygens (including phenoxy) is 3. The van der Waals surface area contributed by atoms with Gasteiger partial charge in [-0.25, -0.2) is 0 Å². The molecule has 2 aromatic rings. The molecule has 1 aromatic carbocycles. The number of thiophene rings is 1. The lowest BCUT2D eigenvalue weighted by molar-refractivity contribution is 0.0760. The highest BCUT2D eigenvalue weighted by molar-refractivity contribution is 7.16. The van der Waals surface area contributed by atoms with Crippen LogP contribution in [0.25, 0.3) is 0 Å². The highest BCUT2D eigenvalue weighted by Crippen LogP contribution is 2.35. The summed E-state index contributed by atoms with van der Waals surface area (Å²) in [5, 5.41) is 0. The van der Waals surface area contributed by atoms with Crippen molar-refractivity contribution in [3.05, 3.63) is 51.7 Å². The maximum Gasteiger partial charge on any atom is 0.258 e. The third kappa shape index (κ3) is 4.46. The Labute approximate surface area is 156 Å². The first kappa shape index (κ1) is 19.1. The number of hydrogen-bond acceptors (Lipinski definition) is 5. The van der Waals surface area contributed by atoms with E-state index in [1.165, 1.54) is 32.7 Å². The molecule has 0 aliphatic rings. The molecule has 1 amide bonds. The zero-order valence-electron chi connectivity index (χ0n) is 14.4. The Hall–Kier alpha value is -2.18. The summed E-state index contributed by atoms with van der Waals surface area (Å²) in [5.74, 6) is 1.18. The van der Waals surface area contributed by atoms with Crippen LogP contribution in [-0.4, -0.2) is 38.7 Å². The number of methoxy groups -OCH3 is 3. The van der Waals surface area contributed by atoms with Gasteiger partial charge in [-0.1, -0.05) is 17.7 Å². The molecule has 25 heavy (non-hydrogen) atoms. The molecule has 1 aromatic heterocycles. The molecule has 2 rings (SSSR count). The van der Waals surface area contributed by atoms with Crippen LogP contribution < -0.4 is 14.2 Å². The van der Waals surface area contributed by atoms with Crippen molar-refractivity contribution < 1.29 is 19.0 Å². The zero-order valence-corrected chi connectivity index (χ0v) is 15.9. The SMILES string of the molecule is C=CCN(Cc1ccc(Cl)s1)C(=O)c1cc(OC)c(OC)cc1OC. The molecule has 0 aliphatic heterocycles. The van der Waals surface area contributed by atoms with Crippen molar-refractivity contribution in [2.75, 3.05) is 27.9 Å². The molecule has 0 spiro atoms. The number of hydrogen-bond donors (Lipinski definition) is 0. The Morgan fingerprint density at radius 2 is 1.80 bits per heavy atom. The van der Waals surface area contributed by atoms with Crippen LogP contribution in [0.2, 0.25) is 4.34 Å². The van der Waals surface area contributed by atoms with Crippen LogP contribution in [0.4, 0.5) is 0 Å². The third-order valence-electron chi connectivity index (χ3n) is 3.55. The minimum atomic E-state index is -0.192. The molecule has 0 saturated heterocycles. The molecule has 0 aliphatic carbocycles. The predicted octanol–water partition coefficient (Wildman–Crippen LogP) is 4.26. The minimum Gasteiger partial charge on any atom is -0.496 e. The van der Waals surface area contributed by atoms with Gasteiger partial charge in [0, 0.05) is 23.6 Å². The van der Waals surface area contributed by atoms with Crippen molar-refractivity contribution in [2.24, 2.45) is 0 Å². The molecule has 134 valence electrons. The van der Waals surface area contributed by atoms with Crippen LogP contribution in [0, 0.1) is 0 Å². The van der Waals surface area contributed by atoms with Crippen molar-refractivity contribution in [1.29, 1.82) is 0 Å². The molecule has 0 bridgehead atoms. The molecule has 0 fully saturated rings. The maximum absolute atomic E-state index is 13.1. The Morgan fingerprint density at radius 3 is 2.32 bits per heavy atom. The van der Waals surface area contributed by atoms with Gasteiger partial charge in [-0.05, 0) is 12.1 Å². The lowest BCUT2D eigenvalue weighted by atomic mass is 10.1. The molecule has 5 nitrogen and oxygen atoms in total. The molecular weight excluding hydrogens is 362 g/mol. The number of amides is 1. The number of carbonyl (C=O) groups excluding carboxylic acids is 1. The van der Waals surface area contributed by atoms with Gasteiger partial charge in [0.15, 0.2) is 11.5 Å². The number of rotatable bonds is 8. The second-order valence-corrected chi connectivity index (χ2v) is 6.89. The van der Waals surface area contributed by atoms with Crippen LogP contribution in [0.3, 0.4) is 0 Å². The second kappa shape index (κ2) is 8.78. The van der Waals surface area contributed by atoms with E-state index in [0.717, 1.165) is 4.88 Å². The van der Waals surface area contributed by atoms with E-state index in [9.17, 15) is 4.79 Å². The van der Waals surface area contributed by atoms with Gasteiger partial charge in [0.05, 0.1) is 37.8 Å². The fourth-order valence-electron chi connectivity index (χ4n) is 2.37. The molecular formula is C18H20ClNO4S. The van der Waals surface area contributed by atoms with Crippen molar-refractivity contribution in [2.45, 2.75) is 6.54 Å². The van der Waals surface area contributed by atoms with E-state index in [-0.39, 0.29) is 5.91 Å². The van der Waals surface area contributed by atoms with Gasteiger partial charge in [0.1, 0.15) is 5.75 Å². The highest BCUT2D eigenvalue weighted by atomic mass is 35.5. The van der Waals surface area contributed by atoms with Crippen LogP contribution in [-0.2, 0) is 6.54 Å². The number of carbonyl (C=O) groups is 1. The number of halogens is 1. The maximum atomic E-state index is 13.1. The van der Waals surface area contributed by atoms with E-state index in [0.29, 0.717) is 40.2 Å². The van der Waals surface area contributed by atoms with E-state index in [1.807, 2.05) is 12.1 Å². The quantitative estimate of drug-likeness (QED) is 0.641. The smallest absolute Gasteiger partial charge is 0.258 e. The summed E-state index contributed by atoms with van der Waals surface area (Å²) in [6.07, 6.45) is 1.68. The standard InChI is InChI=1S/C18H20ClNO4S/c1-5-8-20(11-12-6-7-17(19)25-12)18(21)13-9-15(23-3)16(24-4)10-14(13)22-2/h5-7,9-10H,1,8,11H2,2-4H3. The predicted molar refractivity (Wildman–Crippen MR) is 100 cm³/mol. The first-order chi connectivity index (χ1) is 12.0. The molecule has 0 saturated carbocycles. The van der Waals surface area contributed by atoms with E-state index in [2.05, 4.69) is 6.58 Å². The summed E-state index contributed by atoms with van der Waals surface area (Å²) < 4.78 is 16.6. The summed E-state index contributed by atoms with van der Waals surface area (Å²) in [6.45, 7) is 4.56. The number of nitrogens with zero attached hydrogens (tertiary/aromatic N) is 1. The van der Waals surface area contributed by atoms with Gasteiger partial charge in [0.2, 0.25) is 0 Å². The van der Waals surface area contributed by atoms with Crippen LogP contribution in [0.1, 0.15) is 15.2 Å². The minimum absolute atomic E-state index is 0.192.